The van der Waals surface area contributed by atoms with Gasteiger partial charge in [0.25, 0.3) is 0 Å². The quantitative estimate of drug-likeness (QED) is 0.405. The van der Waals surface area contributed by atoms with E-state index in [0.29, 0.717) is 26.2 Å². The van der Waals surface area contributed by atoms with Crippen LogP contribution in [0.25, 0.3) is 0 Å². The van der Waals surface area contributed by atoms with Crippen LogP contribution in [-0.2, 0) is 9.59 Å². The van der Waals surface area contributed by atoms with Crippen LogP contribution in [0.4, 0.5) is 0 Å². The second kappa shape index (κ2) is 10.8. The Morgan fingerprint density at radius 1 is 0.842 bits per heavy atom. The zero-order valence-electron chi connectivity index (χ0n) is 12.1. The average molecular weight is 272 g/mol. The van der Waals surface area contributed by atoms with Gasteiger partial charge in [-0.1, -0.05) is 13.8 Å². The average Bonchev–Trinajstić information content (AvgIpc) is 2.41. The summed E-state index contributed by atoms with van der Waals surface area (Å²) in [5.41, 5.74) is 10.7. The molecule has 0 bridgehead atoms. The van der Waals surface area contributed by atoms with Crippen LogP contribution in [0, 0.1) is 11.8 Å². The van der Waals surface area contributed by atoms with Gasteiger partial charge in [-0.15, -0.1) is 0 Å². The maximum atomic E-state index is 11.8. The van der Waals surface area contributed by atoms with Gasteiger partial charge in [-0.3, -0.25) is 9.59 Å². The molecular weight excluding hydrogens is 244 g/mol. The van der Waals surface area contributed by atoms with Gasteiger partial charge in [0.1, 0.15) is 0 Å². The Balaban J connectivity index is 3.98. The first kappa shape index (κ1) is 17.9. The van der Waals surface area contributed by atoms with Gasteiger partial charge in [0.05, 0.1) is 0 Å². The highest BCUT2D eigenvalue weighted by atomic mass is 16.2. The third-order valence-corrected chi connectivity index (χ3v) is 3.19. The summed E-state index contributed by atoms with van der Waals surface area (Å²) in [5.74, 6) is -0.861. The van der Waals surface area contributed by atoms with Gasteiger partial charge < -0.3 is 22.1 Å². The highest BCUT2D eigenvalue weighted by Gasteiger charge is 2.25. The molecule has 2 atom stereocenters. The maximum Gasteiger partial charge on any atom is 0.223 e. The van der Waals surface area contributed by atoms with Crippen molar-refractivity contribution >= 4 is 11.8 Å². The number of unbranched alkanes of at least 4 members (excludes halogenated alkanes) is 1. The van der Waals surface area contributed by atoms with Gasteiger partial charge in [0.2, 0.25) is 11.8 Å². The predicted molar refractivity (Wildman–Crippen MR) is 76.3 cm³/mol. The zero-order valence-corrected chi connectivity index (χ0v) is 12.1. The first-order chi connectivity index (χ1) is 9.04. The van der Waals surface area contributed by atoms with Crippen LogP contribution in [0.5, 0.6) is 0 Å². The lowest BCUT2D eigenvalue weighted by molar-refractivity contribution is -0.133. The second-order valence-corrected chi connectivity index (χ2v) is 4.80. The van der Waals surface area contributed by atoms with E-state index in [-0.39, 0.29) is 23.7 Å². The molecule has 0 spiro atoms. The Labute approximate surface area is 115 Å². The molecule has 0 fully saturated rings. The zero-order chi connectivity index (χ0) is 14.7. The molecule has 2 unspecified atom stereocenters. The molecule has 0 aliphatic rings. The van der Waals surface area contributed by atoms with Crippen molar-refractivity contribution < 1.29 is 9.59 Å². The van der Waals surface area contributed by atoms with Crippen molar-refractivity contribution in [2.45, 2.75) is 33.1 Å². The lowest BCUT2D eigenvalue weighted by atomic mass is 9.94. The molecule has 0 aromatic carbocycles. The summed E-state index contributed by atoms with van der Waals surface area (Å²) in [6.45, 7) is 5.89. The number of nitrogens with two attached hydrogens (primary N) is 2. The van der Waals surface area contributed by atoms with E-state index in [2.05, 4.69) is 10.6 Å². The van der Waals surface area contributed by atoms with Gasteiger partial charge in [0.15, 0.2) is 0 Å². The van der Waals surface area contributed by atoms with Gasteiger partial charge >= 0.3 is 0 Å². The normalized spacial score (nSPS) is 13.7. The van der Waals surface area contributed by atoms with E-state index >= 15 is 0 Å². The SMILES string of the molecule is CC(C(=O)NCCCN)C(C)C(=O)NCCCCN. The van der Waals surface area contributed by atoms with E-state index in [4.69, 9.17) is 11.5 Å². The molecule has 112 valence electrons. The fourth-order valence-electron chi connectivity index (χ4n) is 1.57. The Morgan fingerprint density at radius 2 is 1.26 bits per heavy atom. The van der Waals surface area contributed by atoms with Crippen molar-refractivity contribution in [3.63, 3.8) is 0 Å². The van der Waals surface area contributed by atoms with Crippen LogP contribution >= 0.6 is 0 Å². The Bertz CT molecular complexity index is 271. The molecule has 0 aromatic heterocycles. The summed E-state index contributed by atoms with van der Waals surface area (Å²) < 4.78 is 0. The Morgan fingerprint density at radius 3 is 1.68 bits per heavy atom. The summed E-state index contributed by atoms with van der Waals surface area (Å²) in [5, 5.41) is 5.61. The van der Waals surface area contributed by atoms with E-state index in [9.17, 15) is 9.59 Å². The van der Waals surface area contributed by atoms with E-state index in [1.165, 1.54) is 0 Å². The first-order valence-corrected chi connectivity index (χ1v) is 7.00. The third-order valence-electron chi connectivity index (χ3n) is 3.19. The molecule has 0 radical (unpaired) electrons. The molecule has 0 rings (SSSR count). The number of carbonyl (C=O) groups excluding carboxylic acids is 2. The van der Waals surface area contributed by atoms with Gasteiger partial charge in [-0.25, -0.2) is 0 Å². The first-order valence-electron chi connectivity index (χ1n) is 7.00. The van der Waals surface area contributed by atoms with Crippen molar-refractivity contribution in [1.29, 1.82) is 0 Å². The lowest BCUT2D eigenvalue weighted by Crippen LogP contribution is -2.40. The van der Waals surface area contributed by atoms with Crippen molar-refractivity contribution in [2.24, 2.45) is 23.3 Å². The highest BCUT2D eigenvalue weighted by molar-refractivity contribution is 5.87. The molecule has 0 saturated heterocycles. The number of amides is 2. The molecule has 6 nitrogen and oxygen atoms in total. The molecular formula is C13H28N4O2. The van der Waals surface area contributed by atoms with Crippen LogP contribution in [0.1, 0.15) is 33.1 Å². The molecule has 0 aromatic rings. The molecule has 0 aliphatic carbocycles. The summed E-state index contributed by atoms with van der Waals surface area (Å²) in [7, 11) is 0. The minimum atomic E-state index is -0.340. The summed E-state index contributed by atoms with van der Waals surface area (Å²) in [6, 6.07) is 0. The molecule has 6 N–H and O–H groups in total. The van der Waals surface area contributed by atoms with Crippen LogP contribution in [0.3, 0.4) is 0 Å². The van der Waals surface area contributed by atoms with Gasteiger partial charge in [-0.2, -0.15) is 0 Å². The number of nitrogens with one attached hydrogen (secondary N) is 2. The fourth-order valence-corrected chi connectivity index (χ4v) is 1.57. The van der Waals surface area contributed by atoms with Crippen molar-refractivity contribution in [3.05, 3.63) is 0 Å². The standard InChI is InChI=1S/C13H28N4O2/c1-10(12(18)16-8-4-3-6-14)11(2)13(19)17-9-5-7-15/h10-11H,3-9,14-15H2,1-2H3,(H,16,18)(H,17,19). The van der Waals surface area contributed by atoms with Crippen molar-refractivity contribution in [1.82, 2.24) is 10.6 Å². The van der Waals surface area contributed by atoms with Crippen molar-refractivity contribution in [2.75, 3.05) is 26.2 Å². The van der Waals surface area contributed by atoms with Crippen LogP contribution < -0.4 is 22.1 Å². The monoisotopic (exact) mass is 272 g/mol. The number of carbonyl (C=O) groups is 2. The summed E-state index contributed by atoms with van der Waals surface area (Å²) in [4.78, 5) is 23.6. The topological polar surface area (TPSA) is 110 Å². The molecule has 19 heavy (non-hydrogen) atoms. The molecule has 0 saturated carbocycles. The maximum absolute atomic E-state index is 11.8. The summed E-state index contributed by atoms with van der Waals surface area (Å²) in [6.07, 6.45) is 2.51. The van der Waals surface area contributed by atoms with E-state index in [1.807, 2.05) is 0 Å². The minimum Gasteiger partial charge on any atom is -0.356 e. The molecule has 0 aliphatic heterocycles. The largest absolute Gasteiger partial charge is 0.356 e. The van der Waals surface area contributed by atoms with Crippen LogP contribution in [0.15, 0.2) is 0 Å². The lowest BCUT2D eigenvalue weighted by Gasteiger charge is -2.19. The smallest absolute Gasteiger partial charge is 0.223 e. The minimum absolute atomic E-state index is 0.0847. The summed E-state index contributed by atoms with van der Waals surface area (Å²) >= 11 is 0. The number of hydrogen-bond acceptors (Lipinski definition) is 4. The number of rotatable bonds is 10. The van der Waals surface area contributed by atoms with Gasteiger partial charge in [0, 0.05) is 24.9 Å². The predicted octanol–water partition coefficient (Wildman–Crippen LogP) is -0.421. The molecule has 0 heterocycles. The van der Waals surface area contributed by atoms with E-state index < -0.39 is 0 Å². The highest BCUT2D eigenvalue weighted by Crippen LogP contribution is 2.11. The van der Waals surface area contributed by atoms with Crippen molar-refractivity contribution in [3.8, 4) is 0 Å². The molecule has 2 amide bonds. The van der Waals surface area contributed by atoms with E-state index in [1.54, 1.807) is 13.8 Å². The Hall–Kier alpha value is -1.14. The molecule has 6 heteroatoms. The second-order valence-electron chi connectivity index (χ2n) is 4.80. The van der Waals surface area contributed by atoms with Crippen LogP contribution in [0.2, 0.25) is 0 Å². The van der Waals surface area contributed by atoms with E-state index in [0.717, 1.165) is 19.3 Å². The fraction of sp³-hybridized carbons (Fsp3) is 0.846. The third kappa shape index (κ3) is 7.79. The van der Waals surface area contributed by atoms with Crippen LogP contribution in [-0.4, -0.2) is 38.0 Å². The Kier molecular flexibility index (Phi) is 10.1. The van der Waals surface area contributed by atoms with Gasteiger partial charge in [-0.05, 0) is 32.4 Å². The number of hydrogen-bond donors (Lipinski definition) is 4.